The zero-order chi connectivity index (χ0) is 14.1. The van der Waals surface area contributed by atoms with Crippen LogP contribution in [-0.2, 0) is 0 Å². The van der Waals surface area contributed by atoms with Gasteiger partial charge in [0.05, 0.1) is 0 Å². The third-order valence-electron chi connectivity index (χ3n) is 4.08. The number of benzene rings is 3. The highest BCUT2D eigenvalue weighted by Gasteiger charge is 2.04. The molecule has 3 aromatic rings. The second-order valence-corrected chi connectivity index (χ2v) is 5.44. The van der Waals surface area contributed by atoms with Crippen molar-refractivity contribution in [2.45, 2.75) is 0 Å². The van der Waals surface area contributed by atoms with Crippen LogP contribution in [-0.4, -0.2) is 0 Å². The van der Waals surface area contributed by atoms with Crippen LogP contribution in [0, 0.1) is 5.92 Å². The summed E-state index contributed by atoms with van der Waals surface area (Å²) in [6.07, 6.45) is 13.1. The van der Waals surface area contributed by atoms with E-state index in [-0.39, 0.29) is 0 Å². The van der Waals surface area contributed by atoms with Gasteiger partial charge in [0.2, 0.25) is 0 Å². The highest BCUT2D eigenvalue weighted by molar-refractivity contribution is 6.10. The maximum atomic E-state index is 2.29. The second-order valence-electron chi connectivity index (χ2n) is 5.44. The Morgan fingerprint density at radius 1 is 0.714 bits per heavy atom. The van der Waals surface area contributed by atoms with Crippen LogP contribution in [0.25, 0.3) is 27.6 Å². The first-order chi connectivity index (χ1) is 10.4. The molecule has 3 aromatic carbocycles. The summed E-state index contributed by atoms with van der Waals surface area (Å²) in [7, 11) is 0. The Morgan fingerprint density at radius 2 is 1.38 bits per heavy atom. The minimum Gasteiger partial charge on any atom is -0.0738 e. The molecule has 0 amide bonds. The molecule has 4 rings (SSSR count). The maximum absolute atomic E-state index is 2.29. The van der Waals surface area contributed by atoms with E-state index in [4.69, 9.17) is 0 Å². The van der Waals surface area contributed by atoms with Crippen molar-refractivity contribution in [3.05, 3.63) is 90.5 Å². The summed E-state index contributed by atoms with van der Waals surface area (Å²) < 4.78 is 0. The zero-order valence-corrected chi connectivity index (χ0v) is 11.7. The molecule has 0 heteroatoms. The molecule has 0 aliphatic heterocycles. The van der Waals surface area contributed by atoms with E-state index in [1.54, 1.807) is 0 Å². The first-order valence-electron chi connectivity index (χ1n) is 7.35. The van der Waals surface area contributed by atoms with Gasteiger partial charge in [-0.25, -0.2) is 0 Å². The van der Waals surface area contributed by atoms with Crippen molar-refractivity contribution in [2.24, 2.45) is 5.92 Å². The second kappa shape index (κ2) is 5.06. The van der Waals surface area contributed by atoms with Crippen molar-refractivity contribution in [2.75, 3.05) is 0 Å². The predicted octanol–water partition coefficient (Wildman–Crippen LogP) is 5.75. The first kappa shape index (κ1) is 12.2. The summed E-state index contributed by atoms with van der Waals surface area (Å²) in [6.45, 7) is 0. The van der Waals surface area contributed by atoms with E-state index in [0.29, 0.717) is 5.92 Å². The summed E-state index contributed by atoms with van der Waals surface area (Å²) in [5, 5.41) is 5.27. The summed E-state index contributed by atoms with van der Waals surface area (Å²) in [5.74, 6) is 0.426. The molecule has 0 spiro atoms. The molecular formula is C21H16. The molecule has 0 saturated heterocycles. The Hall–Kier alpha value is -2.60. The Balaban J connectivity index is 1.93. The van der Waals surface area contributed by atoms with Gasteiger partial charge in [-0.1, -0.05) is 85.0 Å². The van der Waals surface area contributed by atoms with Crippen molar-refractivity contribution in [3.8, 4) is 0 Å². The van der Waals surface area contributed by atoms with Crippen molar-refractivity contribution >= 4 is 27.6 Å². The lowest BCUT2D eigenvalue weighted by Crippen LogP contribution is -1.84. The Labute approximate surface area is 124 Å². The number of hydrogen-bond donors (Lipinski definition) is 0. The zero-order valence-electron chi connectivity index (χ0n) is 11.7. The highest BCUT2D eigenvalue weighted by Crippen LogP contribution is 2.29. The van der Waals surface area contributed by atoms with E-state index < -0.39 is 0 Å². The van der Waals surface area contributed by atoms with E-state index in [2.05, 4.69) is 91.1 Å². The van der Waals surface area contributed by atoms with E-state index in [1.807, 2.05) is 0 Å². The normalized spacial score (nSPS) is 14.9. The number of allylic oxidation sites excluding steroid dienone is 5. The fraction of sp³-hybridized carbons (Fsp3) is 0.0476. The number of hydrogen-bond acceptors (Lipinski definition) is 0. The maximum Gasteiger partial charge on any atom is 0.0136 e. The van der Waals surface area contributed by atoms with Gasteiger partial charge in [-0.15, -0.1) is 0 Å². The van der Waals surface area contributed by atoms with Gasteiger partial charge < -0.3 is 0 Å². The Morgan fingerprint density at radius 3 is 2.19 bits per heavy atom. The summed E-state index contributed by atoms with van der Waals surface area (Å²) >= 11 is 0. The van der Waals surface area contributed by atoms with Gasteiger partial charge in [0.25, 0.3) is 0 Å². The lowest BCUT2D eigenvalue weighted by atomic mass is 9.96. The van der Waals surface area contributed by atoms with Gasteiger partial charge in [-0.3, -0.25) is 0 Å². The van der Waals surface area contributed by atoms with Crippen LogP contribution >= 0.6 is 0 Å². The molecule has 0 unspecified atom stereocenters. The molecule has 1 aliphatic rings. The van der Waals surface area contributed by atoms with E-state index in [1.165, 1.54) is 27.1 Å². The average molecular weight is 268 g/mol. The molecule has 0 atom stereocenters. The molecule has 0 bridgehead atoms. The van der Waals surface area contributed by atoms with Crippen LogP contribution < -0.4 is 0 Å². The summed E-state index contributed by atoms with van der Waals surface area (Å²) in [4.78, 5) is 0. The van der Waals surface area contributed by atoms with Crippen LogP contribution in [0.5, 0.6) is 0 Å². The van der Waals surface area contributed by atoms with Gasteiger partial charge >= 0.3 is 0 Å². The molecule has 0 radical (unpaired) electrons. The number of fused-ring (bicyclic) bond motifs is 3. The van der Waals surface area contributed by atoms with Gasteiger partial charge in [0, 0.05) is 5.92 Å². The van der Waals surface area contributed by atoms with Crippen molar-refractivity contribution in [3.63, 3.8) is 0 Å². The lowest BCUT2D eigenvalue weighted by molar-refractivity contribution is 1.10. The van der Waals surface area contributed by atoms with Crippen LogP contribution in [0.15, 0.2) is 85.0 Å². The topological polar surface area (TPSA) is 0 Å². The first-order valence-corrected chi connectivity index (χ1v) is 7.35. The molecule has 21 heavy (non-hydrogen) atoms. The molecule has 0 aromatic heterocycles. The largest absolute Gasteiger partial charge is 0.0738 e. The minimum absolute atomic E-state index is 0.426. The third kappa shape index (κ3) is 2.19. The molecular weight excluding hydrogens is 252 g/mol. The van der Waals surface area contributed by atoms with Crippen LogP contribution in [0.1, 0.15) is 5.56 Å². The van der Waals surface area contributed by atoms with Gasteiger partial charge in [-0.2, -0.15) is 0 Å². The quantitative estimate of drug-likeness (QED) is 0.519. The van der Waals surface area contributed by atoms with Crippen LogP contribution in [0.3, 0.4) is 0 Å². The van der Waals surface area contributed by atoms with Gasteiger partial charge in [0.1, 0.15) is 0 Å². The van der Waals surface area contributed by atoms with Gasteiger partial charge in [-0.05, 0) is 33.2 Å². The predicted molar refractivity (Wildman–Crippen MR) is 92.3 cm³/mol. The molecule has 0 heterocycles. The van der Waals surface area contributed by atoms with Crippen LogP contribution in [0.4, 0.5) is 0 Å². The van der Waals surface area contributed by atoms with Crippen molar-refractivity contribution in [1.29, 1.82) is 0 Å². The SMILES string of the molecule is C1=CC(/C=C/c2cc3ccccc3c3ccccc23)C=C1. The molecule has 1 aliphatic carbocycles. The lowest BCUT2D eigenvalue weighted by Gasteiger charge is -2.08. The summed E-state index contributed by atoms with van der Waals surface area (Å²) in [5.41, 5.74) is 1.29. The number of rotatable bonds is 2. The highest BCUT2D eigenvalue weighted by atomic mass is 14.1. The van der Waals surface area contributed by atoms with Crippen molar-refractivity contribution < 1.29 is 0 Å². The Bertz CT molecular complexity index is 882. The minimum atomic E-state index is 0.426. The Kier molecular flexibility index (Phi) is 2.93. The molecule has 0 N–H and O–H groups in total. The standard InChI is InChI=1S/C21H16/c1-2-8-16(7-1)13-14-18-15-17-9-3-4-10-19(17)21-12-6-5-11-20(18)21/h1-16H/b14-13+. The average Bonchev–Trinajstić information content (AvgIpc) is 3.06. The molecule has 100 valence electrons. The van der Waals surface area contributed by atoms with E-state index in [0.717, 1.165) is 0 Å². The molecule has 0 fully saturated rings. The van der Waals surface area contributed by atoms with E-state index >= 15 is 0 Å². The fourth-order valence-electron chi connectivity index (χ4n) is 3.01. The molecule has 0 saturated carbocycles. The smallest absolute Gasteiger partial charge is 0.0136 e. The van der Waals surface area contributed by atoms with E-state index in [9.17, 15) is 0 Å². The van der Waals surface area contributed by atoms with Gasteiger partial charge in [0.15, 0.2) is 0 Å². The fourth-order valence-corrected chi connectivity index (χ4v) is 3.01. The summed E-state index contributed by atoms with van der Waals surface area (Å²) in [6, 6.07) is 19.5. The van der Waals surface area contributed by atoms with Crippen molar-refractivity contribution in [1.82, 2.24) is 0 Å². The monoisotopic (exact) mass is 268 g/mol. The van der Waals surface area contributed by atoms with Crippen LogP contribution in [0.2, 0.25) is 0 Å². The third-order valence-corrected chi connectivity index (χ3v) is 4.08. The molecule has 0 nitrogen and oxygen atoms in total.